The van der Waals surface area contributed by atoms with Crippen molar-refractivity contribution >= 4 is 50.5 Å². The van der Waals surface area contributed by atoms with Crippen LogP contribution >= 0.6 is 11.6 Å². The Morgan fingerprint density at radius 1 is 1.00 bits per heavy atom. The number of carbonyl (C=O) groups is 2. The fourth-order valence-corrected chi connectivity index (χ4v) is 4.27. The van der Waals surface area contributed by atoms with Crippen molar-refractivity contribution in [2.24, 2.45) is 15.3 Å². The molecule has 0 bridgehead atoms. The van der Waals surface area contributed by atoms with Gasteiger partial charge in [-0.3, -0.25) is 14.3 Å². The Hall–Kier alpha value is -3.89. The molecule has 0 aliphatic carbocycles. The van der Waals surface area contributed by atoms with Crippen molar-refractivity contribution in [3.8, 4) is 0 Å². The van der Waals surface area contributed by atoms with E-state index in [-0.39, 0.29) is 10.5 Å². The maximum Gasteiger partial charge on any atom is 0.282 e. The molecule has 1 atom stereocenters. The number of hydrogen-bond donors (Lipinski definition) is 1. The highest BCUT2D eigenvalue weighted by Gasteiger charge is 2.38. The number of amides is 2. The summed E-state index contributed by atoms with van der Waals surface area (Å²) in [6, 6.07) is 19.2. The van der Waals surface area contributed by atoms with Crippen LogP contribution in [-0.2, 0) is 14.8 Å². The van der Waals surface area contributed by atoms with Crippen LogP contribution < -0.4 is 4.72 Å². The first kappa shape index (κ1) is 23.3. The SMILES string of the molecule is CC1=NN(C(=O)c2ccc(Cl)cc2)C(=O)C1N=Nc1ccc(S(=O)(=O)Nc2ccccc2)cc1. The van der Waals surface area contributed by atoms with Crippen LogP contribution in [0, 0.1) is 0 Å². The van der Waals surface area contributed by atoms with E-state index < -0.39 is 27.9 Å². The van der Waals surface area contributed by atoms with Gasteiger partial charge in [0.1, 0.15) is 0 Å². The van der Waals surface area contributed by atoms with Gasteiger partial charge in [-0.25, -0.2) is 8.42 Å². The molecule has 1 aliphatic rings. The number of sulfonamides is 1. The van der Waals surface area contributed by atoms with Crippen molar-refractivity contribution in [1.82, 2.24) is 5.01 Å². The predicted molar refractivity (Wildman–Crippen MR) is 128 cm³/mol. The van der Waals surface area contributed by atoms with Crippen LogP contribution in [0.2, 0.25) is 5.02 Å². The van der Waals surface area contributed by atoms with Crippen LogP contribution in [0.25, 0.3) is 0 Å². The van der Waals surface area contributed by atoms with Gasteiger partial charge in [0, 0.05) is 16.3 Å². The van der Waals surface area contributed by atoms with Crippen molar-refractivity contribution in [3.63, 3.8) is 0 Å². The molecular weight excluding hydrogens is 478 g/mol. The lowest BCUT2D eigenvalue weighted by Gasteiger charge is -2.10. The number of imide groups is 1. The molecule has 2 amide bonds. The van der Waals surface area contributed by atoms with E-state index in [0.717, 1.165) is 5.01 Å². The lowest BCUT2D eigenvalue weighted by atomic mass is 10.2. The van der Waals surface area contributed by atoms with Gasteiger partial charge in [-0.1, -0.05) is 29.8 Å². The topological polar surface area (TPSA) is 121 Å². The molecule has 11 heteroatoms. The average molecular weight is 496 g/mol. The maximum absolute atomic E-state index is 12.7. The molecule has 9 nitrogen and oxygen atoms in total. The fraction of sp³-hybridized carbons (Fsp3) is 0.0870. The van der Waals surface area contributed by atoms with Gasteiger partial charge in [-0.2, -0.15) is 20.3 Å². The van der Waals surface area contributed by atoms with Gasteiger partial charge in [0.2, 0.25) is 0 Å². The summed E-state index contributed by atoms with van der Waals surface area (Å²) in [6.45, 7) is 1.57. The summed E-state index contributed by atoms with van der Waals surface area (Å²) < 4.78 is 27.5. The van der Waals surface area contributed by atoms with E-state index in [1.165, 1.54) is 36.4 Å². The fourth-order valence-electron chi connectivity index (χ4n) is 3.09. The zero-order chi connectivity index (χ0) is 24.3. The van der Waals surface area contributed by atoms with Crippen LogP contribution in [0.3, 0.4) is 0 Å². The van der Waals surface area contributed by atoms with Crippen LogP contribution in [0.5, 0.6) is 0 Å². The molecule has 1 unspecified atom stereocenters. The number of nitrogens with one attached hydrogen (secondary N) is 1. The Balaban J connectivity index is 1.45. The number of halogens is 1. The summed E-state index contributed by atoms with van der Waals surface area (Å²) in [5.74, 6) is -1.23. The number of rotatable bonds is 6. The largest absolute Gasteiger partial charge is 0.282 e. The number of hydrazone groups is 1. The molecule has 0 saturated heterocycles. The molecule has 0 aromatic heterocycles. The highest BCUT2D eigenvalue weighted by Crippen LogP contribution is 2.22. The van der Waals surface area contributed by atoms with Gasteiger partial charge < -0.3 is 0 Å². The molecule has 1 heterocycles. The van der Waals surface area contributed by atoms with Gasteiger partial charge in [0.25, 0.3) is 21.8 Å². The van der Waals surface area contributed by atoms with Crippen molar-refractivity contribution in [1.29, 1.82) is 0 Å². The zero-order valence-corrected chi connectivity index (χ0v) is 19.4. The normalized spacial score (nSPS) is 16.1. The molecule has 1 N–H and O–H groups in total. The standard InChI is InChI=1S/C23H18ClN5O4S/c1-15-21(23(31)29(27-15)22(30)16-7-9-17(24)10-8-16)26-25-18-11-13-20(14-12-18)34(32,33)28-19-5-3-2-4-6-19/h2-14,21,28H,1H3. The summed E-state index contributed by atoms with van der Waals surface area (Å²) in [6.07, 6.45) is 0. The second-order valence-corrected chi connectivity index (χ2v) is 9.41. The monoisotopic (exact) mass is 495 g/mol. The van der Waals surface area contributed by atoms with Gasteiger partial charge in [0.15, 0.2) is 6.04 Å². The smallest absolute Gasteiger partial charge is 0.280 e. The summed E-state index contributed by atoms with van der Waals surface area (Å²) in [7, 11) is -3.77. The minimum atomic E-state index is -3.77. The van der Waals surface area contributed by atoms with Crippen LogP contribution in [-0.4, -0.2) is 37.0 Å². The van der Waals surface area contributed by atoms with Crippen LogP contribution in [0.4, 0.5) is 11.4 Å². The Bertz CT molecular complexity index is 1390. The van der Waals surface area contributed by atoms with Crippen molar-refractivity contribution in [3.05, 3.63) is 89.4 Å². The Labute approximate surface area is 200 Å². The van der Waals surface area contributed by atoms with E-state index in [1.54, 1.807) is 49.4 Å². The zero-order valence-electron chi connectivity index (χ0n) is 17.8. The number of benzene rings is 3. The first-order valence-corrected chi connectivity index (χ1v) is 11.9. The second-order valence-electron chi connectivity index (χ2n) is 7.29. The number of carbonyl (C=O) groups excluding carboxylic acids is 2. The lowest BCUT2D eigenvalue weighted by Crippen LogP contribution is -2.34. The van der Waals surface area contributed by atoms with Gasteiger partial charge in [-0.15, -0.1) is 0 Å². The lowest BCUT2D eigenvalue weighted by molar-refractivity contribution is -0.127. The van der Waals surface area contributed by atoms with Crippen molar-refractivity contribution in [2.75, 3.05) is 4.72 Å². The molecule has 1 aliphatic heterocycles. The number of nitrogens with zero attached hydrogens (tertiary/aromatic N) is 4. The molecule has 172 valence electrons. The molecule has 3 aromatic rings. The molecule has 0 spiro atoms. The Morgan fingerprint density at radius 3 is 2.29 bits per heavy atom. The highest BCUT2D eigenvalue weighted by molar-refractivity contribution is 7.92. The van der Waals surface area contributed by atoms with E-state index in [2.05, 4.69) is 20.1 Å². The Kier molecular flexibility index (Phi) is 6.53. The van der Waals surface area contributed by atoms with E-state index in [9.17, 15) is 18.0 Å². The third-order valence-corrected chi connectivity index (χ3v) is 6.49. The number of hydrogen-bond acceptors (Lipinski definition) is 7. The van der Waals surface area contributed by atoms with Crippen LogP contribution in [0.1, 0.15) is 17.3 Å². The van der Waals surface area contributed by atoms with Crippen molar-refractivity contribution < 1.29 is 18.0 Å². The molecular formula is C23H18ClN5O4S. The first-order valence-electron chi connectivity index (χ1n) is 10.0. The molecule has 0 radical (unpaired) electrons. The van der Waals surface area contributed by atoms with E-state index >= 15 is 0 Å². The third kappa shape index (κ3) is 5.03. The number of azo groups is 1. The molecule has 4 rings (SSSR count). The first-order chi connectivity index (χ1) is 16.2. The van der Waals surface area contributed by atoms with Gasteiger partial charge >= 0.3 is 0 Å². The molecule has 0 saturated carbocycles. The molecule has 34 heavy (non-hydrogen) atoms. The quantitative estimate of drug-likeness (QED) is 0.395. The number of para-hydroxylation sites is 1. The summed E-state index contributed by atoms with van der Waals surface area (Å²) >= 11 is 5.84. The average Bonchev–Trinajstić information content (AvgIpc) is 3.11. The van der Waals surface area contributed by atoms with E-state index in [4.69, 9.17) is 11.6 Å². The highest BCUT2D eigenvalue weighted by atomic mass is 35.5. The summed E-state index contributed by atoms with van der Waals surface area (Å²) in [5.41, 5.74) is 1.34. The molecule has 0 fully saturated rings. The second kappa shape index (κ2) is 9.54. The number of anilines is 1. The predicted octanol–water partition coefficient (Wildman–Crippen LogP) is 4.65. The minimum absolute atomic E-state index is 0.0460. The van der Waals surface area contributed by atoms with E-state index in [1.807, 2.05) is 0 Å². The minimum Gasteiger partial charge on any atom is -0.280 e. The maximum atomic E-state index is 12.7. The van der Waals surface area contributed by atoms with Crippen molar-refractivity contribution in [2.45, 2.75) is 17.9 Å². The van der Waals surface area contributed by atoms with E-state index in [0.29, 0.717) is 22.1 Å². The van der Waals surface area contributed by atoms with Gasteiger partial charge in [0.05, 0.1) is 16.3 Å². The summed E-state index contributed by atoms with van der Waals surface area (Å²) in [4.78, 5) is 25.4. The summed E-state index contributed by atoms with van der Waals surface area (Å²) in [5, 5.41) is 13.3. The Morgan fingerprint density at radius 2 is 1.65 bits per heavy atom. The van der Waals surface area contributed by atoms with Crippen LogP contribution in [0.15, 0.2) is 99.1 Å². The van der Waals surface area contributed by atoms with Gasteiger partial charge in [-0.05, 0) is 67.6 Å². The third-order valence-electron chi connectivity index (χ3n) is 4.84. The molecule has 3 aromatic carbocycles.